The molecule has 3 aromatic rings. The lowest BCUT2D eigenvalue weighted by atomic mass is 10.1. The Morgan fingerprint density at radius 2 is 2.11 bits per heavy atom. The summed E-state index contributed by atoms with van der Waals surface area (Å²) in [6, 6.07) is 5.64. The van der Waals surface area contributed by atoms with E-state index in [1.807, 2.05) is 26.0 Å². The Morgan fingerprint density at radius 3 is 2.85 bits per heavy atom. The van der Waals surface area contributed by atoms with E-state index in [-0.39, 0.29) is 11.9 Å². The second kappa shape index (κ2) is 7.48. The average molecular weight is 383 g/mol. The van der Waals surface area contributed by atoms with Gasteiger partial charge in [-0.3, -0.25) is 4.79 Å². The zero-order chi connectivity index (χ0) is 18.8. The van der Waals surface area contributed by atoms with Crippen LogP contribution in [-0.4, -0.2) is 40.0 Å². The van der Waals surface area contributed by atoms with E-state index < -0.39 is 0 Å². The maximum atomic E-state index is 12.8. The Labute approximate surface area is 161 Å². The van der Waals surface area contributed by atoms with Crippen LogP contribution in [0.3, 0.4) is 0 Å². The van der Waals surface area contributed by atoms with Crippen LogP contribution < -0.4 is 10.2 Å². The summed E-state index contributed by atoms with van der Waals surface area (Å²) in [5.41, 5.74) is 0.723. The molecule has 4 rings (SSSR count). The molecule has 1 fully saturated rings. The topological polar surface area (TPSA) is 84.2 Å². The van der Waals surface area contributed by atoms with Gasteiger partial charge >= 0.3 is 0 Å². The maximum absolute atomic E-state index is 12.8. The minimum atomic E-state index is -0.0830. The summed E-state index contributed by atoms with van der Waals surface area (Å²) in [6.07, 6.45) is 5.41. The van der Waals surface area contributed by atoms with Crippen molar-refractivity contribution >= 4 is 23.2 Å². The molecule has 0 aromatic carbocycles. The van der Waals surface area contributed by atoms with E-state index in [4.69, 9.17) is 4.42 Å². The second-order valence-electron chi connectivity index (χ2n) is 6.65. The molecular formula is C19H21N5O2S. The summed E-state index contributed by atoms with van der Waals surface area (Å²) in [7, 11) is 0. The molecule has 1 aliphatic rings. The fourth-order valence-corrected chi connectivity index (χ4v) is 4.18. The minimum absolute atomic E-state index is 0.0610. The Bertz CT molecular complexity index is 937. The predicted molar refractivity (Wildman–Crippen MR) is 104 cm³/mol. The van der Waals surface area contributed by atoms with Crippen LogP contribution in [0, 0.1) is 13.8 Å². The van der Waals surface area contributed by atoms with Crippen LogP contribution in [0.5, 0.6) is 0 Å². The third kappa shape index (κ3) is 3.85. The van der Waals surface area contributed by atoms with Crippen LogP contribution >= 0.6 is 11.3 Å². The van der Waals surface area contributed by atoms with E-state index in [1.165, 1.54) is 11.3 Å². The molecule has 1 amide bonds. The molecule has 0 saturated carbocycles. The summed E-state index contributed by atoms with van der Waals surface area (Å²) in [6.45, 7) is 5.36. The number of carbonyl (C=O) groups is 1. The highest BCUT2D eigenvalue weighted by molar-refractivity contribution is 7.17. The van der Waals surface area contributed by atoms with E-state index in [9.17, 15) is 4.79 Å². The molecule has 0 unspecified atom stereocenters. The van der Waals surface area contributed by atoms with Gasteiger partial charge in [-0.15, -0.1) is 11.3 Å². The van der Waals surface area contributed by atoms with Crippen LogP contribution in [-0.2, 0) is 0 Å². The molecule has 0 aliphatic carbocycles. The highest BCUT2D eigenvalue weighted by Gasteiger charge is 2.25. The number of nitrogens with one attached hydrogen (secondary N) is 1. The molecule has 0 radical (unpaired) electrons. The lowest BCUT2D eigenvalue weighted by Crippen LogP contribution is -2.48. The van der Waals surface area contributed by atoms with Gasteiger partial charge in [0.2, 0.25) is 5.95 Å². The van der Waals surface area contributed by atoms with Gasteiger partial charge in [0.1, 0.15) is 10.6 Å². The summed E-state index contributed by atoms with van der Waals surface area (Å²) in [5.74, 6) is 2.15. The van der Waals surface area contributed by atoms with Gasteiger partial charge in [0, 0.05) is 31.5 Å². The van der Waals surface area contributed by atoms with Crippen molar-refractivity contribution in [2.75, 3.05) is 18.0 Å². The van der Waals surface area contributed by atoms with Crippen molar-refractivity contribution < 1.29 is 9.21 Å². The van der Waals surface area contributed by atoms with Gasteiger partial charge in [-0.1, -0.05) is 0 Å². The Morgan fingerprint density at radius 1 is 1.30 bits per heavy atom. The van der Waals surface area contributed by atoms with Crippen molar-refractivity contribution in [1.82, 2.24) is 20.3 Å². The standard InChI is InChI=1S/C19H21N5O2S/c1-12-6-7-15(26-12)18-22-13(2)16(27-18)17(25)23-14-5-3-10-24(11-14)19-20-8-4-9-21-19/h4,6-9,14H,3,5,10-11H2,1-2H3,(H,23,25)/t14-/m1/s1. The van der Waals surface area contributed by atoms with Crippen molar-refractivity contribution in [3.05, 3.63) is 46.9 Å². The third-order valence-corrected chi connectivity index (χ3v) is 5.72. The summed E-state index contributed by atoms with van der Waals surface area (Å²) in [4.78, 5) is 28.7. The molecule has 7 nitrogen and oxygen atoms in total. The number of hydrogen-bond acceptors (Lipinski definition) is 7. The molecule has 1 saturated heterocycles. The maximum Gasteiger partial charge on any atom is 0.263 e. The van der Waals surface area contributed by atoms with Crippen molar-refractivity contribution in [3.63, 3.8) is 0 Å². The van der Waals surface area contributed by atoms with E-state index in [1.54, 1.807) is 18.5 Å². The quantitative estimate of drug-likeness (QED) is 0.745. The number of anilines is 1. The minimum Gasteiger partial charge on any atom is -0.459 e. The van der Waals surface area contributed by atoms with Gasteiger partial charge in [-0.25, -0.2) is 15.0 Å². The van der Waals surface area contributed by atoms with E-state index in [2.05, 4.69) is 25.2 Å². The number of piperidine rings is 1. The Kier molecular flexibility index (Phi) is 4.89. The van der Waals surface area contributed by atoms with E-state index in [0.29, 0.717) is 23.1 Å². The second-order valence-corrected chi connectivity index (χ2v) is 7.65. The predicted octanol–water partition coefficient (Wildman–Crippen LogP) is 3.21. The number of amides is 1. The molecule has 4 heterocycles. The monoisotopic (exact) mass is 383 g/mol. The molecule has 1 atom stereocenters. The van der Waals surface area contributed by atoms with Crippen LogP contribution in [0.4, 0.5) is 5.95 Å². The normalized spacial score (nSPS) is 17.1. The van der Waals surface area contributed by atoms with E-state index in [0.717, 1.165) is 35.8 Å². The van der Waals surface area contributed by atoms with Crippen molar-refractivity contribution in [3.8, 4) is 10.8 Å². The largest absolute Gasteiger partial charge is 0.459 e. The molecule has 1 N–H and O–H groups in total. The number of aryl methyl sites for hydroxylation is 2. The summed E-state index contributed by atoms with van der Waals surface area (Å²) < 4.78 is 5.63. The first-order valence-electron chi connectivity index (χ1n) is 8.97. The number of hydrogen-bond donors (Lipinski definition) is 1. The number of rotatable bonds is 4. The first-order chi connectivity index (χ1) is 13.1. The molecule has 0 spiro atoms. The first-order valence-corrected chi connectivity index (χ1v) is 9.79. The van der Waals surface area contributed by atoms with Crippen molar-refractivity contribution in [1.29, 1.82) is 0 Å². The van der Waals surface area contributed by atoms with Gasteiger partial charge in [-0.05, 0) is 44.9 Å². The summed E-state index contributed by atoms with van der Waals surface area (Å²) >= 11 is 1.36. The molecule has 8 heteroatoms. The third-order valence-electron chi connectivity index (χ3n) is 4.55. The fourth-order valence-electron chi connectivity index (χ4n) is 3.24. The zero-order valence-corrected chi connectivity index (χ0v) is 16.1. The molecule has 27 heavy (non-hydrogen) atoms. The Balaban J connectivity index is 1.45. The summed E-state index contributed by atoms with van der Waals surface area (Å²) in [5, 5.41) is 3.88. The molecule has 3 aromatic heterocycles. The lowest BCUT2D eigenvalue weighted by molar-refractivity contribution is 0.0936. The van der Waals surface area contributed by atoms with Crippen molar-refractivity contribution in [2.45, 2.75) is 32.7 Å². The SMILES string of the molecule is Cc1ccc(-c2nc(C)c(C(=O)N[C@@H]3CCCN(c4ncccn4)C3)s2)o1. The van der Waals surface area contributed by atoms with Crippen LogP contribution in [0.1, 0.15) is 34.0 Å². The highest BCUT2D eigenvalue weighted by Crippen LogP contribution is 2.29. The van der Waals surface area contributed by atoms with Crippen LogP contribution in [0.25, 0.3) is 10.8 Å². The van der Waals surface area contributed by atoms with Gasteiger partial charge in [0.05, 0.1) is 5.69 Å². The van der Waals surface area contributed by atoms with Gasteiger partial charge in [-0.2, -0.15) is 0 Å². The number of furan rings is 1. The number of aromatic nitrogens is 3. The molecule has 1 aliphatic heterocycles. The first kappa shape index (κ1) is 17.7. The number of nitrogens with zero attached hydrogens (tertiary/aromatic N) is 4. The smallest absolute Gasteiger partial charge is 0.263 e. The van der Waals surface area contributed by atoms with Crippen LogP contribution in [0.15, 0.2) is 35.0 Å². The molecular weight excluding hydrogens is 362 g/mol. The molecule has 0 bridgehead atoms. The number of carbonyl (C=O) groups excluding carboxylic acids is 1. The molecule has 140 valence electrons. The van der Waals surface area contributed by atoms with Gasteiger partial charge in [0.15, 0.2) is 10.8 Å². The highest BCUT2D eigenvalue weighted by atomic mass is 32.1. The Hall–Kier alpha value is -2.74. The van der Waals surface area contributed by atoms with Gasteiger partial charge in [0.25, 0.3) is 5.91 Å². The zero-order valence-electron chi connectivity index (χ0n) is 15.3. The van der Waals surface area contributed by atoms with Gasteiger partial charge < -0.3 is 14.6 Å². The average Bonchev–Trinajstić information content (AvgIpc) is 3.28. The number of thiazole rings is 1. The van der Waals surface area contributed by atoms with Crippen molar-refractivity contribution in [2.24, 2.45) is 0 Å². The lowest BCUT2D eigenvalue weighted by Gasteiger charge is -2.33. The van der Waals surface area contributed by atoms with Crippen LogP contribution in [0.2, 0.25) is 0 Å². The fraction of sp³-hybridized carbons (Fsp3) is 0.368. The van der Waals surface area contributed by atoms with E-state index >= 15 is 0 Å².